The van der Waals surface area contributed by atoms with Crippen LogP contribution in [0.25, 0.3) is 0 Å². The second kappa shape index (κ2) is 2.29. The lowest BCUT2D eigenvalue weighted by Crippen LogP contribution is -2.40. The average molecular weight is 184 g/mol. The first kappa shape index (κ1) is 7.44. The van der Waals surface area contributed by atoms with Crippen molar-refractivity contribution in [3.8, 4) is 0 Å². The highest BCUT2D eigenvalue weighted by Crippen LogP contribution is 2.35. The standard InChI is InChI=1S/C10H8N4/c11-7-2-3-8-10(4-1-5-12-8)9(7)13-6-14-10/h1-6H,11H2/t10-/m1/s1. The molecule has 0 bridgehead atoms. The second-order valence-corrected chi connectivity index (χ2v) is 3.30. The lowest BCUT2D eigenvalue weighted by molar-refractivity contribution is 0.808. The minimum Gasteiger partial charge on any atom is -0.397 e. The molecule has 1 aliphatic carbocycles. The Hall–Kier alpha value is -1.97. The van der Waals surface area contributed by atoms with E-state index in [1.54, 1.807) is 12.6 Å². The van der Waals surface area contributed by atoms with Crippen molar-refractivity contribution in [3.05, 3.63) is 35.7 Å². The number of nitrogens with zero attached hydrogens (tertiary/aromatic N) is 3. The molecule has 0 saturated heterocycles. The lowest BCUT2D eigenvalue weighted by atomic mass is 9.84. The Morgan fingerprint density at radius 3 is 3.14 bits per heavy atom. The predicted molar refractivity (Wildman–Crippen MR) is 56.6 cm³/mol. The molecule has 2 aliphatic heterocycles. The minimum absolute atomic E-state index is 0.534. The summed E-state index contributed by atoms with van der Waals surface area (Å²) in [4.78, 5) is 12.8. The molecule has 0 fully saturated rings. The average Bonchev–Trinajstić information content (AvgIpc) is 2.62. The van der Waals surface area contributed by atoms with Gasteiger partial charge in [-0.3, -0.25) is 4.99 Å². The monoisotopic (exact) mass is 184 g/mol. The quantitative estimate of drug-likeness (QED) is 0.588. The van der Waals surface area contributed by atoms with Gasteiger partial charge in [-0.1, -0.05) is 0 Å². The van der Waals surface area contributed by atoms with E-state index in [1.807, 2.05) is 24.3 Å². The third-order valence-electron chi connectivity index (χ3n) is 2.53. The summed E-state index contributed by atoms with van der Waals surface area (Å²) in [7, 11) is 0. The van der Waals surface area contributed by atoms with Gasteiger partial charge in [-0.05, 0) is 24.3 Å². The van der Waals surface area contributed by atoms with Gasteiger partial charge < -0.3 is 5.73 Å². The van der Waals surface area contributed by atoms with E-state index in [4.69, 9.17) is 5.73 Å². The van der Waals surface area contributed by atoms with Crippen LogP contribution in [0.4, 0.5) is 0 Å². The largest absolute Gasteiger partial charge is 0.397 e. The minimum atomic E-state index is -0.534. The molecule has 2 heterocycles. The van der Waals surface area contributed by atoms with Crippen LogP contribution in [0.5, 0.6) is 0 Å². The number of hydrogen-bond acceptors (Lipinski definition) is 4. The lowest BCUT2D eigenvalue weighted by Gasteiger charge is -2.29. The predicted octanol–water partition coefficient (Wildman–Crippen LogP) is 0.589. The molecule has 2 N–H and O–H groups in total. The van der Waals surface area contributed by atoms with E-state index in [0.29, 0.717) is 5.70 Å². The third-order valence-corrected chi connectivity index (χ3v) is 2.53. The summed E-state index contributed by atoms with van der Waals surface area (Å²) >= 11 is 0. The maximum Gasteiger partial charge on any atom is 0.166 e. The van der Waals surface area contributed by atoms with Crippen molar-refractivity contribution in [3.63, 3.8) is 0 Å². The molecule has 1 spiro atoms. The molecule has 4 nitrogen and oxygen atoms in total. The summed E-state index contributed by atoms with van der Waals surface area (Å²) in [5.41, 5.74) is 7.62. The van der Waals surface area contributed by atoms with E-state index in [2.05, 4.69) is 15.0 Å². The van der Waals surface area contributed by atoms with Gasteiger partial charge in [0, 0.05) is 6.21 Å². The first-order valence-corrected chi connectivity index (χ1v) is 4.35. The van der Waals surface area contributed by atoms with Crippen LogP contribution in [0.3, 0.4) is 0 Å². The van der Waals surface area contributed by atoms with Gasteiger partial charge in [0.05, 0.1) is 11.4 Å². The van der Waals surface area contributed by atoms with Crippen molar-refractivity contribution in [2.75, 3.05) is 0 Å². The van der Waals surface area contributed by atoms with Crippen LogP contribution in [0.2, 0.25) is 0 Å². The summed E-state index contributed by atoms with van der Waals surface area (Å²) in [6.45, 7) is 0. The van der Waals surface area contributed by atoms with Gasteiger partial charge in [0.1, 0.15) is 12.1 Å². The topological polar surface area (TPSA) is 63.1 Å². The van der Waals surface area contributed by atoms with Gasteiger partial charge in [0.25, 0.3) is 0 Å². The number of aliphatic imine (C=N–C) groups is 3. The van der Waals surface area contributed by atoms with Gasteiger partial charge in [0.15, 0.2) is 5.54 Å². The fourth-order valence-corrected chi connectivity index (χ4v) is 1.85. The summed E-state index contributed by atoms with van der Waals surface area (Å²) in [5, 5.41) is 0. The highest BCUT2D eigenvalue weighted by atomic mass is 15.1. The Morgan fingerprint density at radius 1 is 1.29 bits per heavy atom. The Bertz CT molecular complexity index is 476. The second-order valence-electron chi connectivity index (χ2n) is 3.30. The maximum absolute atomic E-state index is 5.84. The Balaban J connectivity index is 2.28. The van der Waals surface area contributed by atoms with Gasteiger partial charge in [-0.2, -0.15) is 0 Å². The van der Waals surface area contributed by atoms with Gasteiger partial charge in [-0.15, -0.1) is 0 Å². The molecule has 0 unspecified atom stereocenters. The molecule has 14 heavy (non-hydrogen) atoms. The van der Waals surface area contributed by atoms with E-state index < -0.39 is 5.54 Å². The zero-order valence-electron chi connectivity index (χ0n) is 7.38. The Kier molecular flexibility index (Phi) is 1.21. The van der Waals surface area contributed by atoms with Crippen LogP contribution >= 0.6 is 0 Å². The normalized spacial score (nSPS) is 31.9. The molecule has 0 aromatic heterocycles. The SMILES string of the molecule is NC1=CC=C2N=CC=C[C@@]23N=CN=C13. The van der Waals surface area contributed by atoms with E-state index in [9.17, 15) is 0 Å². The van der Waals surface area contributed by atoms with Crippen LogP contribution in [0.15, 0.2) is 50.7 Å². The number of dihydropyridines is 1. The summed E-state index contributed by atoms with van der Waals surface area (Å²) in [5.74, 6) is 0. The molecule has 1 atom stereocenters. The number of nitrogens with two attached hydrogens (primary N) is 1. The van der Waals surface area contributed by atoms with Crippen LogP contribution in [0, 0.1) is 0 Å². The van der Waals surface area contributed by atoms with Crippen molar-refractivity contribution in [1.82, 2.24) is 0 Å². The van der Waals surface area contributed by atoms with E-state index >= 15 is 0 Å². The van der Waals surface area contributed by atoms with Crippen LogP contribution < -0.4 is 5.73 Å². The summed E-state index contributed by atoms with van der Waals surface area (Å²) < 4.78 is 0. The van der Waals surface area contributed by atoms with E-state index in [0.717, 1.165) is 11.4 Å². The van der Waals surface area contributed by atoms with Crippen LogP contribution in [0.1, 0.15) is 0 Å². The third kappa shape index (κ3) is 0.706. The molecule has 0 radical (unpaired) electrons. The first-order valence-electron chi connectivity index (χ1n) is 4.35. The zero-order chi connectivity index (χ0) is 9.60. The number of rotatable bonds is 0. The fourth-order valence-electron chi connectivity index (χ4n) is 1.85. The van der Waals surface area contributed by atoms with E-state index in [-0.39, 0.29) is 0 Å². The van der Waals surface area contributed by atoms with Gasteiger partial charge in [0.2, 0.25) is 0 Å². The van der Waals surface area contributed by atoms with Gasteiger partial charge in [-0.25, -0.2) is 9.98 Å². The van der Waals surface area contributed by atoms with Crippen molar-refractivity contribution in [2.45, 2.75) is 5.54 Å². The van der Waals surface area contributed by atoms with Crippen molar-refractivity contribution in [1.29, 1.82) is 0 Å². The summed E-state index contributed by atoms with van der Waals surface area (Å²) in [6, 6.07) is 0. The molecule has 0 saturated carbocycles. The van der Waals surface area contributed by atoms with Crippen LogP contribution in [-0.4, -0.2) is 23.8 Å². The molecule has 3 aliphatic rings. The maximum atomic E-state index is 5.84. The van der Waals surface area contributed by atoms with Crippen molar-refractivity contribution < 1.29 is 0 Å². The van der Waals surface area contributed by atoms with Crippen molar-refractivity contribution in [2.24, 2.45) is 20.7 Å². The smallest absolute Gasteiger partial charge is 0.166 e. The number of allylic oxidation sites excluding steroid dienone is 3. The van der Waals surface area contributed by atoms with E-state index in [1.165, 1.54) is 0 Å². The molecule has 3 rings (SSSR count). The molecule has 68 valence electrons. The summed E-state index contributed by atoms with van der Waals surface area (Å²) in [6.07, 6.45) is 10.8. The molecular weight excluding hydrogens is 176 g/mol. The van der Waals surface area contributed by atoms with Crippen molar-refractivity contribution >= 4 is 18.3 Å². The molecule has 4 heteroatoms. The molecule has 0 amide bonds. The highest BCUT2D eigenvalue weighted by molar-refractivity contribution is 6.17. The van der Waals surface area contributed by atoms with Gasteiger partial charge >= 0.3 is 0 Å². The fraction of sp³-hybridized carbons (Fsp3) is 0.100. The Morgan fingerprint density at radius 2 is 2.21 bits per heavy atom. The zero-order valence-corrected chi connectivity index (χ0v) is 7.38. The molecule has 0 aromatic rings. The van der Waals surface area contributed by atoms with Crippen LogP contribution in [-0.2, 0) is 0 Å². The number of hydrogen-bond donors (Lipinski definition) is 1. The Labute approximate surface area is 81.0 Å². The molecular formula is C10H8N4. The highest BCUT2D eigenvalue weighted by Gasteiger charge is 2.42. The molecule has 0 aromatic carbocycles. The first-order chi connectivity index (χ1) is 6.83.